The summed E-state index contributed by atoms with van der Waals surface area (Å²) in [6, 6.07) is 12.3. The number of methoxy groups -OCH3 is 1. The van der Waals surface area contributed by atoms with Gasteiger partial charge in [0.25, 0.3) is 16.8 Å². The number of amides is 2. The number of anilines is 1. The second kappa shape index (κ2) is 6.78. The number of hydrogen-bond acceptors (Lipinski definition) is 6. The average molecular weight is 356 g/mol. The summed E-state index contributed by atoms with van der Waals surface area (Å²) < 4.78 is 5.06. The Hall–Kier alpha value is -3.13. The lowest BCUT2D eigenvalue weighted by Crippen LogP contribution is -2.27. The first-order chi connectivity index (χ1) is 12.0. The van der Waals surface area contributed by atoms with E-state index in [1.54, 1.807) is 24.3 Å². The molecular weight excluding hydrogens is 344 g/mol. The number of rotatable bonds is 4. The van der Waals surface area contributed by atoms with Crippen molar-refractivity contribution in [1.29, 1.82) is 0 Å². The summed E-state index contributed by atoms with van der Waals surface area (Å²) in [5.74, 6) is 0.190. The molecule has 0 aliphatic carbocycles. The van der Waals surface area contributed by atoms with Gasteiger partial charge in [0.05, 0.1) is 22.6 Å². The Kier molecular flexibility index (Phi) is 4.53. The fraction of sp³-hybridized carbons (Fsp3) is 0.0588. The highest BCUT2D eigenvalue weighted by atomic mass is 32.2. The van der Waals surface area contributed by atoms with Crippen LogP contribution in [0, 0.1) is 10.1 Å². The highest BCUT2D eigenvalue weighted by Crippen LogP contribution is 2.36. The molecule has 0 atom stereocenters. The highest BCUT2D eigenvalue weighted by Gasteiger charge is 2.36. The zero-order chi connectivity index (χ0) is 18.0. The maximum Gasteiger partial charge on any atom is 0.298 e. The van der Waals surface area contributed by atoms with Crippen LogP contribution in [0.1, 0.15) is 5.56 Å². The van der Waals surface area contributed by atoms with Crippen molar-refractivity contribution < 1.29 is 19.2 Å². The molecule has 1 fully saturated rings. The van der Waals surface area contributed by atoms with Crippen molar-refractivity contribution in [2.24, 2.45) is 0 Å². The van der Waals surface area contributed by atoms with Crippen molar-refractivity contribution >= 4 is 40.4 Å². The molecule has 0 aromatic heterocycles. The van der Waals surface area contributed by atoms with Crippen LogP contribution in [0.25, 0.3) is 6.08 Å². The van der Waals surface area contributed by atoms with Crippen LogP contribution in [0.5, 0.6) is 5.75 Å². The summed E-state index contributed by atoms with van der Waals surface area (Å²) in [5, 5.41) is 10.3. The molecule has 1 saturated heterocycles. The minimum atomic E-state index is -0.499. The number of carbonyl (C=O) groups is 2. The fourth-order valence-electron chi connectivity index (χ4n) is 2.27. The third kappa shape index (κ3) is 3.38. The van der Waals surface area contributed by atoms with Gasteiger partial charge in [-0.3, -0.25) is 19.7 Å². The average Bonchev–Trinajstić information content (AvgIpc) is 2.89. The molecule has 0 radical (unpaired) electrons. The molecule has 0 unspecified atom stereocenters. The fourth-order valence-corrected chi connectivity index (χ4v) is 3.11. The Bertz CT molecular complexity index is 875. The molecule has 1 heterocycles. The van der Waals surface area contributed by atoms with E-state index in [2.05, 4.69) is 0 Å². The zero-order valence-electron chi connectivity index (χ0n) is 13.0. The van der Waals surface area contributed by atoms with Gasteiger partial charge in [0.15, 0.2) is 0 Å². The lowest BCUT2D eigenvalue weighted by Gasteiger charge is -2.12. The van der Waals surface area contributed by atoms with Gasteiger partial charge in [-0.05, 0) is 59.8 Å². The standard InChI is InChI=1S/C17H12N2O5S/c1-24-14-8-6-12(7-9-14)18-16(20)15(25-17(18)21)10-11-2-4-13(5-3-11)19(22)23/h2-10H,1H3/b15-10-. The number of benzene rings is 2. The van der Waals surface area contributed by atoms with E-state index < -0.39 is 16.1 Å². The zero-order valence-corrected chi connectivity index (χ0v) is 13.9. The van der Waals surface area contributed by atoms with Crippen LogP contribution in [-0.4, -0.2) is 23.2 Å². The van der Waals surface area contributed by atoms with Gasteiger partial charge in [0, 0.05) is 12.1 Å². The maximum absolute atomic E-state index is 12.5. The van der Waals surface area contributed by atoms with Crippen LogP contribution in [0.2, 0.25) is 0 Å². The third-order valence-electron chi connectivity index (χ3n) is 3.53. The number of nitrogens with zero attached hydrogens (tertiary/aromatic N) is 2. The number of imide groups is 1. The number of nitro benzene ring substituents is 1. The van der Waals surface area contributed by atoms with Crippen molar-refractivity contribution in [2.75, 3.05) is 12.0 Å². The van der Waals surface area contributed by atoms with Crippen LogP contribution < -0.4 is 9.64 Å². The Morgan fingerprint density at radius 1 is 1.08 bits per heavy atom. The van der Waals surface area contributed by atoms with Gasteiger partial charge in [-0.1, -0.05) is 0 Å². The second-order valence-electron chi connectivity index (χ2n) is 5.06. The van der Waals surface area contributed by atoms with Gasteiger partial charge in [-0.2, -0.15) is 0 Å². The number of carbonyl (C=O) groups excluding carboxylic acids is 2. The van der Waals surface area contributed by atoms with E-state index in [-0.39, 0.29) is 10.6 Å². The number of hydrogen-bond donors (Lipinski definition) is 0. The van der Waals surface area contributed by atoms with Gasteiger partial charge in [-0.25, -0.2) is 4.90 Å². The predicted octanol–water partition coefficient (Wildman–Crippen LogP) is 3.84. The molecule has 2 aromatic rings. The molecule has 0 spiro atoms. The van der Waals surface area contributed by atoms with Gasteiger partial charge in [-0.15, -0.1) is 0 Å². The van der Waals surface area contributed by atoms with Crippen molar-refractivity contribution in [3.05, 3.63) is 69.1 Å². The molecule has 0 N–H and O–H groups in total. The summed E-state index contributed by atoms with van der Waals surface area (Å²) in [5.41, 5.74) is 1.02. The molecule has 126 valence electrons. The predicted molar refractivity (Wildman–Crippen MR) is 94.5 cm³/mol. The molecule has 2 aromatic carbocycles. The first kappa shape index (κ1) is 16.7. The van der Waals surface area contributed by atoms with E-state index in [0.717, 1.165) is 16.7 Å². The number of thioether (sulfide) groups is 1. The molecule has 0 bridgehead atoms. The smallest absolute Gasteiger partial charge is 0.298 e. The van der Waals surface area contributed by atoms with E-state index >= 15 is 0 Å². The van der Waals surface area contributed by atoms with Crippen LogP contribution in [0.15, 0.2) is 53.4 Å². The molecule has 1 aliphatic heterocycles. The maximum atomic E-state index is 12.5. The van der Waals surface area contributed by atoms with Crippen molar-refractivity contribution in [1.82, 2.24) is 0 Å². The second-order valence-corrected chi connectivity index (χ2v) is 6.06. The third-order valence-corrected chi connectivity index (χ3v) is 4.40. The van der Waals surface area contributed by atoms with Gasteiger partial charge in [0.1, 0.15) is 5.75 Å². The van der Waals surface area contributed by atoms with Gasteiger partial charge >= 0.3 is 0 Å². The Morgan fingerprint density at radius 3 is 2.28 bits per heavy atom. The minimum absolute atomic E-state index is 0.0384. The highest BCUT2D eigenvalue weighted by molar-refractivity contribution is 8.19. The summed E-state index contributed by atoms with van der Waals surface area (Å²) in [6.45, 7) is 0. The molecule has 2 amide bonds. The van der Waals surface area contributed by atoms with Crippen molar-refractivity contribution in [3.63, 3.8) is 0 Å². The monoisotopic (exact) mass is 356 g/mol. The van der Waals surface area contributed by atoms with Crippen LogP contribution in [0.4, 0.5) is 16.2 Å². The lowest BCUT2D eigenvalue weighted by molar-refractivity contribution is -0.384. The van der Waals surface area contributed by atoms with E-state index in [9.17, 15) is 19.7 Å². The number of nitro groups is 1. The summed E-state index contributed by atoms with van der Waals surface area (Å²) in [6.07, 6.45) is 1.54. The van der Waals surface area contributed by atoms with E-state index in [1.165, 1.54) is 37.5 Å². The molecule has 0 saturated carbocycles. The normalized spacial score (nSPS) is 15.7. The van der Waals surface area contributed by atoms with Gasteiger partial charge < -0.3 is 4.74 Å². The largest absolute Gasteiger partial charge is 0.497 e. The molecule has 1 aliphatic rings. The quantitative estimate of drug-likeness (QED) is 0.470. The first-order valence-electron chi connectivity index (χ1n) is 7.16. The van der Waals surface area contributed by atoms with E-state index in [4.69, 9.17) is 4.74 Å². The van der Waals surface area contributed by atoms with E-state index in [0.29, 0.717) is 17.0 Å². The summed E-state index contributed by atoms with van der Waals surface area (Å²) >= 11 is 0.825. The van der Waals surface area contributed by atoms with Crippen molar-refractivity contribution in [2.45, 2.75) is 0 Å². The number of ether oxygens (including phenoxy) is 1. The van der Waals surface area contributed by atoms with Crippen LogP contribution in [0.3, 0.4) is 0 Å². The Labute approximate surface area is 147 Å². The summed E-state index contributed by atoms with van der Waals surface area (Å²) in [7, 11) is 1.53. The molecular formula is C17H12N2O5S. The Morgan fingerprint density at radius 2 is 1.72 bits per heavy atom. The van der Waals surface area contributed by atoms with E-state index in [1.807, 2.05) is 0 Å². The molecule has 7 nitrogen and oxygen atoms in total. The minimum Gasteiger partial charge on any atom is -0.497 e. The SMILES string of the molecule is COc1ccc(N2C(=O)S/C(=C\c3ccc([N+](=O)[O-])cc3)C2=O)cc1. The van der Waals surface area contributed by atoms with Crippen molar-refractivity contribution in [3.8, 4) is 5.75 Å². The number of non-ortho nitro benzene ring substituents is 1. The van der Waals surface area contributed by atoms with Crippen LogP contribution in [-0.2, 0) is 4.79 Å². The molecule has 8 heteroatoms. The topological polar surface area (TPSA) is 89.8 Å². The first-order valence-corrected chi connectivity index (χ1v) is 7.98. The Balaban J connectivity index is 1.85. The van der Waals surface area contributed by atoms with Crippen LogP contribution >= 0.6 is 11.8 Å². The lowest BCUT2D eigenvalue weighted by atomic mass is 10.2. The van der Waals surface area contributed by atoms with Gasteiger partial charge in [0.2, 0.25) is 0 Å². The molecule has 25 heavy (non-hydrogen) atoms. The molecule has 3 rings (SSSR count). The summed E-state index contributed by atoms with van der Waals surface area (Å²) in [4.78, 5) is 36.2.